The predicted molar refractivity (Wildman–Crippen MR) is 133 cm³/mol. The number of primary amides is 1. The highest BCUT2D eigenvalue weighted by atomic mass is 16.4. The molecule has 0 spiro atoms. The maximum Gasteiger partial charge on any atom is 0.326 e. The normalized spacial score (nSPS) is 14.0. The summed E-state index contributed by atoms with van der Waals surface area (Å²) in [6.07, 6.45) is 1.27. The van der Waals surface area contributed by atoms with Crippen LogP contribution in [0.2, 0.25) is 0 Å². The van der Waals surface area contributed by atoms with Gasteiger partial charge in [-0.15, -0.1) is 0 Å². The Morgan fingerprint density at radius 3 is 1.54 bits per heavy atom. The van der Waals surface area contributed by atoms with Gasteiger partial charge in [-0.05, 0) is 64.5 Å². The molecular formula is C22H41N7O8. The Bertz CT molecular complexity index is 780. The Labute approximate surface area is 215 Å². The summed E-state index contributed by atoms with van der Waals surface area (Å²) in [5, 5.41) is 25.5. The third kappa shape index (κ3) is 15.4. The lowest BCUT2D eigenvalue weighted by Gasteiger charge is -2.25. The van der Waals surface area contributed by atoms with Crippen LogP contribution in [0.1, 0.15) is 64.2 Å². The van der Waals surface area contributed by atoms with Crippen LogP contribution in [0, 0.1) is 0 Å². The minimum absolute atomic E-state index is 0.112. The predicted octanol–water partition coefficient (Wildman–Crippen LogP) is -2.76. The van der Waals surface area contributed by atoms with Crippen molar-refractivity contribution in [1.82, 2.24) is 16.0 Å². The second-order valence-electron chi connectivity index (χ2n) is 8.63. The van der Waals surface area contributed by atoms with E-state index in [2.05, 4.69) is 16.0 Å². The number of carboxylic acids is 2. The smallest absolute Gasteiger partial charge is 0.326 e. The van der Waals surface area contributed by atoms with E-state index in [1.807, 2.05) is 0 Å². The summed E-state index contributed by atoms with van der Waals surface area (Å²) in [5.74, 6) is -5.49. The summed E-state index contributed by atoms with van der Waals surface area (Å²) in [6, 6.07) is -4.87. The molecule has 37 heavy (non-hydrogen) atoms. The van der Waals surface area contributed by atoms with Gasteiger partial charge in [-0.1, -0.05) is 0 Å². The average Bonchev–Trinajstić information content (AvgIpc) is 2.83. The summed E-state index contributed by atoms with van der Waals surface area (Å²) < 4.78 is 0. The SMILES string of the molecule is NCCCCC(NC(=O)C(CCC(N)=O)NC(=O)C(CCCCN)NC(=O)C(N)CCC(=O)O)C(=O)O. The number of carbonyl (C=O) groups excluding carboxylic acids is 4. The molecule has 0 heterocycles. The lowest BCUT2D eigenvalue weighted by molar-refractivity contribution is -0.142. The second kappa shape index (κ2) is 18.9. The molecule has 4 unspecified atom stereocenters. The molecule has 0 aromatic carbocycles. The zero-order valence-electron chi connectivity index (χ0n) is 20.9. The quantitative estimate of drug-likeness (QED) is 0.0683. The van der Waals surface area contributed by atoms with E-state index in [9.17, 15) is 33.9 Å². The molecule has 0 saturated heterocycles. The van der Waals surface area contributed by atoms with E-state index in [0.717, 1.165) is 0 Å². The number of aliphatic carboxylic acids is 2. The van der Waals surface area contributed by atoms with Crippen LogP contribution in [0.4, 0.5) is 0 Å². The number of carboxylic acid groups (broad SMARTS) is 2. The topological polar surface area (TPSA) is 283 Å². The van der Waals surface area contributed by atoms with Crippen molar-refractivity contribution in [2.45, 2.75) is 88.4 Å². The van der Waals surface area contributed by atoms with Crippen LogP contribution in [0.5, 0.6) is 0 Å². The fourth-order valence-electron chi connectivity index (χ4n) is 3.30. The van der Waals surface area contributed by atoms with Crippen molar-refractivity contribution in [2.24, 2.45) is 22.9 Å². The minimum atomic E-state index is -1.31. The molecule has 0 aromatic heterocycles. The summed E-state index contributed by atoms with van der Waals surface area (Å²) in [5.41, 5.74) is 21.8. The van der Waals surface area contributed by atoms with Crippen LogP contribution in [0.3, 0.4) is 0 Å². The van der Waals surface area contributed by atoms with Crippen molar-refractivity contribution in [3.8, 4) is 0 Å². The molecule has 0 fully saturated rings. The summed E-state index contributed by atoms with van der Waals surface area (Å²) >= 11 is 0. The molecule has 13 N–H and O–H groups in total. The summed E-state index contributed by atoms with van der Waals surface area (Å²) in [6.45, 7) is 0.694. The summed E-state index contributed by atoms with van der Waals surface area (Å²) in [4.78, 5) is 71.9. The molecule has 4 amide bonds. The molecular weight excluding hydrogens is 490 g/mol. The van der Waals surface area contributed by atoms with Gasteiger partial charge in [0.05, 0.1) is 6.04 Å². The van der Waals surface area contributed by atoms with Crippen LogP contribution in [-0.4, -0.2) is 83.0 Å². The van der Waals surface area contributed by atoms with Gasteiger partial charge in [0.15, 0.2) is 0 Å². The molecule has 15 heteroatoms. The van der Waals surface area contributed by atoms with E-state index in [4.69, 9.17) is 28.0 Å². The van der Waals surface area contributed by atoms with Crippen molar-refractivity contribution in [3.05, 3.63) is 0 Å². The van der Waals surface area contributed by atoms with Crippen molar-refractivity contribution >= 4 is 35.6 Å². The van der Waals surface area contributed by atoms with Gasteiger partial charge in [-0.25, -0.2) is 4.79 Å². The molecule has 0 aromatic rings. The number of carbonyl (C=O) groups is 6. The molecule has 0 bridgehead atoms. The van der Waals surface area contributed by atoms with Gasteiger partial charge in [0.25, 0.3) is 0 Å². The van der Waals surface area contributed by atoms with Gasteiger partial charge >= 0.3 is 11.9 Å². The van der Waals surface area contributed by atoms with Gasteiger partial charge in [-0.3, -0.25) is 24.0 Å². The first-order chi connectivity index (χ1) is 17.4. The van der Waals surface area contributed by atoms with Gasteiger partial charge < -0.3 is 49.1 Å². The number of rotatable bonds is 21. The Morgan fingerprint density at radius 1 is 0.622 bits per heavy atom. The number of nitrogens with two attached hydrogens (primary N) is 4. The summed E-state index contributed by atoms with van der Waals surface area (Å²) in [7, 11) is 0. The molecule has 0 radical (unpaired) electrons. The van der Waals surface area contributed by atoms with Crippen LogP contribution >= 0.6 is 0 Å². The third-order valence-corrected chi connectivity index (χ3v) is 5.46. The molecule has 0 aliphatic rings. The standard InChI is InChI=1S/C22H41N7O8/c23-11-3-1-5-14(27-19(33)13(25)7-10-18(31)32)20(34)28-15(8-9-17(26)30)21(35)29-16(22(36)37)6-2-4-12-24/h13-16H,1-12,23-25H2,(H2,26,30)(H,27,33)(H,28,34)(H,29,35)(H,31,32)(H,36,37). The van der Waals surface area contributed by atoms with Crippen LogP contribution in [0.25, 0.3) is 0 Å². The van der Waals surface area contributed by atoms with Crippen LogP contribution in [-0.2, 0) is 28.8 Å². The molecule has 0 aliphatic heterocycles. The number of nitrogens with one attached hydrogen (secondary N) is 3. The monoisotopic (exact) mass is 531 g/mol. The maximum atomic E-state index is 13.0. The van der Waals surface area contributed by atoms with Crippen LogP contribution < -0.4 is 38.9 Å². The van der Waals surface area contributed by atoms with E-state index >= 15 is 0 Å². The number of amides is 4. The Balaban J connectivity index is 5.53. The van der Waals surface area contributed by atoms with E-state index < -0.39 is 59.7 Å². The third-order valence-electron chi connectivity index (χ3n) is 5.46. The number of hydrogen-bond acceptors (Lipinski definition) is 9. The van der Waals surface area contributed by atoms with Crippen LogP contribution in [0.15, 0.2) is 0 Å². The van der Waals surface area contributed by atoms with Gasteiger partial charge in [0, 0.05) is 12.8 Å². The average molecular weight is 532 g/mol. The molecule has 0 rings (SSSR count). The maximum absolute atomic E-state index is 13.0. The van der Waals surface area contributed by atoms with Crippen molar-refractivity contribution < 1.29 is 39.0 Å². The van der Waals surface area contributed by atoms with E-state index in [-0.39, 0.29) is 38.5 Å². The fourth-order valence-corrected chi connectivity index (χ4v) is 3.30. The Hall–Kier alpha value is -3.30. The zero-order valence-corrected chi connectivity index (χ0v) is 20.9. The number of unbranched alkanes of at least 4 members (excludes halogenated alkanes) is 2. The minimum Gasteiger partial charge on any atom is -0.481 e. The Kier molecular flexibility index (Phi) is 17.2. The van der Waals surface area contributed by atoms with Crippen molar-refractivity contribution in [1.29, 1.82) is 0 Å². The second-order valence-corrected chi connectivity index (χ2v) is 8.63. The first-order valence-electron chi connectivity index (χ1n) is 12.2. The van der Waals surface area contributed by atoms with Crippen molar-refractivity contribution in [2.75, 3.05) is 13.1 Å². The molecule has 15 nitrogen and oxygen atoms in total. The van der Waals surface area contributed by atoms with Gasteiger partial charge in [0.1, 0.15) is 18.1 Å². The molecule has 0 saturated carbocycles. The first-order valence-corrected chi connectivity index (χ1v) is 12.2. The first kappa shape index (κ1) is 33.7. The highest BCUT2D eigenvalue weighted by molar-refractivity contribution is 5.94. The molecule has 0 aliphatic carbocycles. The zero-order chi connectivity index (χ0) is 28.4. The van der Waals surface area contributed by atoms with Crippen molar-refractivity contribution in [3.63, 3.8) is 0 Å². The lowest BCUT2D eigenvalue weighted by Crippen LogP contribution is -2.57. The largest absolute Gasteiger partial charge is 0.481 e. The van der Waals surface area contributed by atoms with E-state index in [1.54, 1.807) is 0 Å². The lowest BCUT2D eigenvalue weighted by atomic mass is 10.0. The number of hydrogen-bond donors (Lipinski definition) is 9. The highest BCUT2D eigenvalue weighted by Gasteiger charge is 2.30. The highest BCUT2D eigenvalue weighted by Crippen LogP contribution is 2.07. The Morgan fingerprint density at radius 2 is 1.08 bits per heavy atom. The molecule has 212 valence electrons. The van der Waals surface area contributed by atoms with Gasteiger partial charge in [-0.2, -0.15) is 0 Å². The van der Waals surface area contributed by atoms with E-state index in [0.29, 0.717) is 38.8 Å². The van der Waals surface area contributed by atoms with Gasteiger partial charge in [0.2, 0.25) is 23.6 Å². The fraction of sp³-hybridized carbons (Fsp3) is 0.727. The molecule has 4 atom stereocenters. The van der Waals surface area contributed by atoms with E-state index in [1.165, 1.54) is 0 Å².